The van der Waals surface area contributed by atoms with Gasteiger partial charge < -0.3 is 5.32 Å². The minimum Gasteiger partial charge on any atom is -0.328 e. The topological polar surface area (TPSA) is 29.1 Å². The summed E-state index contributed by atoms with van der Waals surface area (Å²) in [5.41, 5.74) is 0.912. The number of amides is 1. The molecule has 1 N–H and O–H groups in total. The molecule has 0 heterocycles. The maximum atomic E-state index is 10.5. The fourth-order valence-electron chi connectivity index (χ4n) is 1.76. The molecule has 0 aliphatic heterocycles. The third-order valence-corrected chi connectivity index (χ3v) is 4.05. The lowest BCUT2D eigenvalue weighted by Gasteiger charge is -2.18. The maximum absolute atomic E-state index is 10.5. The van der Waals surface area contributed by atoms with E-state index in [1.807, 2.05) is 30.0 Å². The van der Waals surface area contributed by atoms with Gasteiger partial charge in [-0.15, -0.1) is 11.8 Å². The zero-order chi connectivity index (χ0) is 12.7. The Morgan fingerprint density at radius 2 is 2.06 bits per heavy atom. The van der Waals surface area contributed by atoms with Gasteiger partial charge in [0.05, 0.1) is 5.69 Å². The van der Waals surface area contributed by atoms with Crippen molar-refractivity contribution in [1.82, 2.24) is 0 Å². The molecule has 0 aliphatic carbocycles. The summed E-state index contributed by atoms with van der Waals surface area (Å²) in [5, 5.41) is 3.37. The standard InChI is InChI=1S/C14H21NOS/c1-4-12(9-11(2)3)17-14-8-6-5-7-13(14)15-10-16/h5-8,10-12H,4,9H2,1-3H3,(H,15,16). The van der Waals surface area contributed by atoms with Gasteiger partial charge in [-0.2, -0.15) is 0 Å². The van der Waals surface area contributed by atoms with Crippen molar-refractivity contribution in [3.63, 3.8) is 0 Å². The number of benzene rings is 1. The zero-order valence-corrected chi connectivity index (χ0v) is 11.6. The molecule has 0 spiro atoms. The summed E-state index contributed by atoms with van der Waals surface area (Å²) in [6, 6.07) is 7.97. The zero-order valence-electron chi connectivity index (χ0n) is 10.8. The monoisotopic (exact) mass is 251 g/mol. The van der Waals surface area contributed by atoms with Crippen LogP contribution in [0.3, 0.4) is 0 Å². The molecule has 1 aromatic carbocycles. The second-order valence-corrected chi connectivity index (χ2v) is 5.88. The van der Waals surface area contributed by atoms with Gasteiger partial charge in [-0.3, -0.25) is 4.79 Å². The summed E-state index contributed by atoms with van der Waals surface area (Å²) in [5.74, 6) is 0.707. The molecule has 0 saturated carbocycles. The van der Waals surface area contributed by atoms with Crippen LogP contribution < -0.4 is 5.32 Å². The van der Waals surface area contributed by atoms with E-state index in [0.29, 0.717) is 11.2 Å². The predicted molar refractivity (Wildman–Crippen MR) is 75.5 cm³/mol. The van der Waals surface area contributed by atoms with Crippen molar-refractivity contribution in [2.75, 3.05) is 5.32 Å². The summed E-state index contributed by atoms with van der Waals surface area (Å²) >= 11 is 1.86. The van der Waals surface area contributed by atoms with Crippen LogP contribution in [0.5, 0.6) is 0 Å². The van der Waals surface area contributed by atoms with Gasteiger partial charge in [0.25, 0.3) is 0 Å². The Hall–Kier alpha value is -0.960. The SMILES string of the molecule is CCC(CC(C)C)Sc1ccccc1NC=O. The molecule has 0 bridgehead atoms. The second kappa shape index (κ2) is 7.38. The van der Waals surface area contributed by atoms with Crippen LogP contribution in [0.25, 0.3) is 0 Å². The van der Waals surface area contributed by atoms with Gasteiger partial charge >= 0.3 is 0 Å². The molecule has 0 aliphatic rings. The third-order valence-electron chi connectivity index (χ3n) is 2.58. The van der Waals surface area contributed by atoms with Gasteiger partial charge in [-0.05, 0) is 30.9 Å². The van der Waals surface area contributed by atoms with E-state index < -0.39 is 0 Å². The molecule has 0 fully saturated rings. The first-order valence-electron chi connectivity index (χ1n) is 6.13. The lowest BCUT2D eigenvalue weighted by Crippen LogP contribution is -2.06. The van der Waals surface area contributed by atoms with Gasteiger partial charge in [0.2, 0.25) is 6.41 Å². The number of carbonyl (C=O) groups excluding carboxylic acids is 1. The molecule has 0 saturated heterocycles. The van der Waals surface area contributed by atoms with Crippen LogP contribution in [-0.4, -0.2) is 11.7 Å². The van der Waals surface area contributed by atoms with Crippen LogP contribution in [0.15, 0.2) is 29.2 Å². The van der Waals surface area contributed by atoms with Crippen LogP contribution in [0.4, 0.5) is 5.69 Å². The summed E-state index contributed by atoms with van der Waals surface area (Å²) < 4.78 is 0. The molecule has 2 nitrogen and oxygen atoms in total. The first kappa shape index (κ1) is 14.1. The van der Waals surface area contributed by atoms with E-state index in [1.54, 1.807) is 0 Å². The Morgan fingerprint density at radius 3 is 2.65 bits per heavy atom. The molecule has 1 unspecified atom stereocenters. The van der Waals surface area contributed by atoms with Crippen molar-refractivity contribution in [3.8, 4) is 0 Å². The van der Waals surface area contributed by atoms with Crippen molar-refractivity contribution >= 4 is 23.9 Å². The van der Waals surface area contributed by atoms with Crippen LogP contribution in [-0.2, 0) is 4.79 Å². The lowest BCUT2D eigenvalue weighted by molar-refractivity contribution is -0.105. The Balaban J connectivity index is 2.74. The van der Waals surface area contributed by atoms with Crippen LogP contribution in [0.1, 0.15) is 33.6 Å². The van der Waals surface area contributed by atoms with E-state index in [1.165, 1.54) is 6.42 Å². The molecule has 17 heavy (non-hydrogen) atoms. The van der Waals surface area contributed by atoms with E-state index in [9.17, 15) is 4.79 Å². The molecule has 3 heteroatoms. The van der Waals surface area contributed by atoms with Crippen molar-refractivity contribution in [1.29, 1.82) is 0 Å². The number of carbonyl (C=O) groups is 1. The Morgan fingerprint density at radius 1 is 1.35 bits per heavy atom. The lowest BCUT2D eigenvalue weighted by atomic mass is 10.1. The first-order valence-corrected chi connectivity index (χ1v) is 7.01. The number of thioether (sulfide) groups is 1. The summed E-state index contributed by atoms with van der Waals surface area (Å²) in [6.07, 6.45) is 3.09. The van der Waals surface area contributed by atoms with Gasteiger partial charge in [0.1, 0.15) is 0 Å². The minimum absolute atomic E-state index is 0.615. The van der Waals surface area contributed by atoms with Gasteiger partial charge in [-0.1, -0.05) is 32.9 Å². The summed E-state index contributed by atoms with van der Waals surface area (Å²) in [6.45, 7) is 6.72. The van der Waals surface area contributed by atoms with Crippen LogP contribution in [0.2, 0.25) is 0 Å². The van der Waals surface area contributed by atoms with Crippen LogP contribution >= 0.6 is 11.8 Å². The van der Waals surface area contributed by atoms with Gasteiger partial charge in [0.15, 0.2) is 0 Å². The minimum atomic E-state index is 0.615. The molecule has 0 aromatic heterocycles. The van der Waals surface area contributed by atoms with Crippen molar-refractivity contribution in [3.05, 3.63) is 24.3 Å². The number of hydrogen-bond donors (Lipinski definition) is 1. The fourth-order valence-corrected chi connectivity index (χ4v) is 3.17. The normalized spacial score (nSPS) is 12.5. The Labute approximate surface area is 108 Å². The highest BCUT2D eigenvalue weighted by Crippen LogP contribution is 2.34. The number of nitrogens with one attached hydrogen (secondary N) is 1. The van der Waals surface area contributed by atoms with Crippen molar-refractivity contribution in [2.45, 2.75) is 43.8 Å². The number of rotatable bonds is 7. The maximum Gasteiger partial charge on any atom is 0.211 e. The Bertz CT molecular complexity index is 352. The van der Waals surface area contributed by atoms with Crippen molar-refractivity contribution < 1.29 is 4.79 Å². The Kier molecular flexibility index (Phi) is 6.12. The predicted octanol–water partition coefficient (Wildman–Crippen LogP) is 4.17. The molecular formula is C14H21NOS. The van der Waals surface area contributed by atoms with E-state index in [4.69, 9.17) is 0 Å². The third kappa shape index (κ3) is 4.82. The van der Waals surface area contributed by atoms with Crippen LogP contribution in [0, 0.1) is 5.92 Å². The summed E-state index contributed by atoms with van der Waals surface area (Å²) in [4.78, 5) is 11.7. The molecule has 1 aromatic rings. The highest BCUT2D eigenvalue weighted by Gasteiger charge is 2.12. The molecule has 94 valence electrons. The van der Waals surface area contributed by atoms with E-state index in [2.05, 4.69) is 32.2 Å². The largest absolute Gasteiger partial charge is 0.328 e. The fraction of sp³-hybridized carbons (Fsp3) is 0.500. The highest BCUT2D eigenvalue weighted by atomic mass is 32.2. The number of para-hydroxylation sites is 1. The first-order chi connectivity index (χ1) is 8.17. The van der Waals surface area contributed by atoms with E-state index in [0.717, 1.165) is 23.4 Å². The van der Waals surface area contributed by atoms with Gasteiger partial charge in [-0.25, -0.2) is 0 Å². The highest BCUT2D eigenvalue weighted by molar-refractivity contribution is 8.00. The average Bonchev–Trinajstić information content (AvgIpc) is 2.30. The molecule has 0 radical (unpaired) electrons. The molecule has 1 rings (SSSR count). The average molecular weight is 251 g/mol. The second-order valence-electron chi connectivity index (χ2n) is 4.54. The van der Waals surface area contributed by atoms with Gasteiger partial charge in [0, 0.05) is 10.1 Å². The quantitative estimate of drug-likeness (QED) is 0.582. The summed E-state index contributed by atoms with van der Waals surface area (Å²) in [7, 11) is 0. The van der Waals surface area contributed by atoms with E-state index >= 15 is 0 Å². The van der Waals surface area contributed by atoms with E-state index in [-0.39, 0.29) is 0 Å². The number of hydrogen-bond acceptors (Lipinski definition) is 2. The molecule has 1 atom stereocenters. The molecular weight excluding hydrogens is 230 g/mol. The number of anilines is 1. The smallest absolute Gasteiger partial charge is 0.211 e. The van der Waals surface area contributed by atoms with Crippen molar-refractivity contribution in [2.24, 2.45) is 5.92 Å². The molecule has 1 amide bonds.